The molecular weight excluding hydrogens is 605 g/mol. The van der Waals surface area contributed by atoms with Gasteiger partial charge < -0.3 is 25.0 Å². The number of anilines is 2. The number of alkyl halides is 3. The van der Waals surface area contributed by atoms with E-state index in [4.69, 9.17) is 26.7 Å². The molecule has 0 radical (unpaired) electrons. The molecule has 3 aromatic rings. The number of halogens is 4. The van der Waals surface area contributed by atoms with E-state index in [1.54, 1.807) is 38.0 Å². The first kappa shape index (κ1) is 35.6. The summed E-state index contributed by atoms with van der Waals surface area (Å²) in [7, 11) is 6.37. The van der Waals surface area contributed by atoms with Crippen molar-refractivity contribution >= 4 is 41.1 Å². The van der Waals surface area contributed by atoms with Crippen molar-refractivity contribution in [1.29, 1.82) is 5.26 Å². The lowest BCUT2D eigenvalue weighted by molar-refractivity contribution is -0.145. The van der Waals surface area contributed by atoms with E-state index < -0.39 is 22.4 Å². The van der Waals surface area contributed by atoms with Gasteiger partial charge in [-0.3, -0.25) is 19.1 Å². The van der Waals surface area contributed by atoms with Gasteiger partial charge in [-0.25, -0.2) is 0 Å². The van der Waals surface area contributed by atoms with Crippen molar-refractivity contribution in [2.75, 3.05) is 45.0 Å². The fourth-order valence-electron chi connectivity index (χ4n) is 3.97. The molecule has 4 rings (SSSR count). The number of benzene rings is 2. The van der Waals surface area contributed by atoms with Crippen molar-refractivity contribution < 1.29 is 37.4 Å². The van der Waals surface area contributed by atoms with Crippen LogP contribution in [0.2, 0.25) is 5.02 Å². The first-order valence-electron chi connectivity index (χ1n) is 12.9. The number of methoxy groups -OCH3 is 1. The summed E-state index contributed by atoms with van der Waals surface area (Å²) in [5.74, 6) is -0.125. The summed E-state index contributed by atoms with van der Waals surface area (Å²) < 4.78 is 44.8. The molecule has 1 aromatic heterocycles. The topological polar surface area (TPSA) is 141 Å². The summed E-state index contributed by atoms with van der Waals surface area (Å²) in [6, 6.07) is 9.93. The predicted molar refractivity (Wildman–Crippen MR) is 158 cm³/mol. The molecule has 0 bridgehead atoms. The molecule has 44 heavy (non-hydrogen) atoms. The van der Waals surface area contributed by atoms with Gasteiger partial charge >= 0.3 is 6.18 Å². The van der Waals surface area contributed by atoms with Crippen LogP contribution in [0.25, 0.3) is 0 Å². The highest BCUT2D eigenvalue weighted by Crippen LogP contribution is 2.37. The van der Waals surface area contributed by atoms with Crippen LogP contribution in [0.15, 0.2) is 42.6 Å². The number of ether oxygens (including phenoxy) is 1. The average Bonchev–Trinajstić information content (AvgIpc) is 3.40. The van der Waals surface area contributed by atoms with Crippen LogP contribution in [0.3, 0.4) is 0 Å². The number of aliphatic hydroxyl groups is 1. The zero-order valence-corrected chi connectivity index (χ0v) is 25.6. The van der Waals surface area contributed by atoms with Crippen LogP contribution in [-0.4, -0.2) is 78.3 Å². The summed E-state index contributed by atoms with van der Waals surface area (Å²) in [4.78, 5) is 36.5. The normalized spacial score (nSPS) is 12.4. The summed E-state index contributed by atoms with van der Waals surface area (Å²) in [5, 5.41) is 24.2. The number of fused-ring (bicyclic) bond motifs is 1. The van der Waals surface area contributed by atoms with Gasteiger partial charge in [-0.05, 0) is 50.2 Å². The minimum atomic E-state index is -4.53. The largest absolute Gasteiger partial charge is 0.495 e. The fraction of sp³-hybridized carbons (Fsp3) is 0.345. The SMILES string of the molecule is CN(C)C(=O)C(C)(C)O.CNc1cnn2c1C(=O)N(c1ccc(C(F)(F)F)c(Cl)c1)CC2.COc1ccc(C=O)cc1C#N. The molecule has 0 atom stereocenters. The third kappa shape index (κ3) is 8.71. The maximum atomic E-state index is 12.8. The lowest BCUT2D eigenvalue weighted by Gasteiger charge is -2.28. The van der Waals surface area contributed by atoms with Crippen molar-refractivity contribution in [3.05, 3.63) is 70.0 Å². The number of carbonyl (C=O) groups excluding carboxylic acids is 3. The number of amides is 2. The molecule has 15 heteroatoms. The number of nitrogens with one attached hydrogen (secondary N) is 1. The van der Waals surface area contributed by atoms with E-state index in [-0.39, 0.29) is 11.8 Å². The van der Waals surface area contributed by atoms with E-state index in [0.29, 0.717) is 53.3 Å². The molecular formula is C29H32ClF3N6O5. The number of hydrogen-bond donors (Lipinski definition) is 2. The highest BCUT2D eigenvalue weighted by molar-refractivity contribution is 6.31. The number of aldehydes is 1. The highest BCUT2D eigenvalue weighted by Gasteiger charge is 2.35. The standard InChI is InChI=1S/C14H12ClF3N4O.C9H7NO2.C6H13NO2/c1-19-11-7-20-22-5-4-21(13(23)12(11)22)8-2-3-9(10(15)6-8)14(16,17)18;1-12-9-3-2-7(6-11)4-8(9)5-10;1-6(2,9)5(8)7(3)4/h2-3,6-7,19H,4-5H2,1H3;2-4,6H,1H3;9H,1-4H3. The molecule has 2 heterocycles. The molecule has 236 valence electrons. The zero-order valence-electron chi connectivity index (χ0n) is 24.9. The molecule has 1 aliphatic heterocycles. The van der Waals surface area contributed by atoms with E-state index >= 15 is 0 Å². The van der Waals surface area contributed by atoms with Crippen LogP contribution >= 0.6 is 11.6 Å². The maximum Gasteiger partial charge on any atom is 0.417 e. The van der Waals surface area contributed by atoms with Gasteiger partial charge in [0.25, 0.3) is 11.8 Å². The number of hydrogen-bond acceptors (Lipinski definition) is 8. The molecule has 2 amide bonds. The van der Waals surface area contributed by atoms with E-state index in [9.17, 15) is 27.6 Å². The molecule has 0 saturated carbocycles. The number of carbonyl (C=O) groups is 3. The van der Waals surface area contributed by atoms with E-state index in [2.05, 4.69) is 10.4 Å². The Balaban J connectivity index is 0.000000269. The number of aromatic nitrogens is 2. The molecule has 0 saturated heterocycles. The second-order valence-electron chi connectivity index (χ2n) is 9.95. The number of likely N-dealkylation sites (N-methyl/N-ethyl adjacent to an activating group) is 1. The van der Waals surface area contributed by atoms with Crippen LogP contribution < -0.4 is 15.0 Å². The molecule has 2 N–H and O–H groups in total. The van der Waals surface area contributed by atoms with Gasteiger partial charge in [-0.2, -0.15) is 23.5 Å². The summed E-state index contributed by atoms with van der Waals surface area (Å²) >= 11 is 5.73. The Kier molecular flexibility index (Phi) is 11.9. The average molecular weight is 637 g/mol. The quantitative estimate of drug-likeness (QED) is 0.391. The molecule has 0 spiro atoms. The fourth-order valence-corrected chi connectivity index (χ4v) is 4.25. The van der Waals surface area contributed by atoms with Crippen LogP contribution in [0.1, 0.15) is 45.8 Å². The first-order valence-corrected chi connectivity index (χ1v) is 13.3. The lowest BCUT2D eigenvalue weighted by Crippen LogP contribution is -2.40. The van der Waals surface area contributed by atoms with Gasteiger partial charge in [0.05, 0.1) is 41.7 Å². The second-order valence-corrected chi connectivity index (χ2v) is 10.4. The van der Waals surface area contributed by atoms with Crippen LogP contribution in [0.5, 0.6) is 5.75 Å². The van der Waals surface area contributed by atoms with Crippen LogP contribution in [0, 0.1) is 11.3 Å². The zero-order chi connectivity index (χ0) is 33.4. The van der Waals surface area contributed by atoms with Gasteiger partial charge in [-0.15, -0.1) is 0 Å². The Bertz CT molecular complexity index is 1530. The van der Waals surface area contributed by atoms with Gasteiger partial charge in [0.15, 0.2) is 0 Å². The van der Waals surface area contributed by atoms with Crippen LogP contribution in [-0.2, 0) is 17.5 Å². The van der Waals surface area contributed by atoms with E-state index in [1.807, 2.05) is 6.07 Å². The monoisotopic (exact) mass is 636 g/mol. The van der Waals surface area contributed by atoms with Crippen molar-refractivity contribution in [3.63, 3.8) is 0 Å². The van der Waals surface area contributed by atoms with E-state index in [0.717, 1.165) is 12.1 Å². The van der Waals surface area contributed by atoms with Crippen molar-refractivity contribution in [2.45, 2.75) is 32.2 Å². The Labute approximate surface area is 257 Å². The second kappa shape index (κ2) is 14.7. The molecule has 2 aromatic carbocycles. The lowest BCUT2D eigenvalue weighted by atomic mass is 10.1. The Morgan fingerprint density at radius 3 is 2.32 bits per heavy atom. The predicted octanol–water partition coefficient (Wildman–Crippen LogP) is 4.48. The number of rotatable bonds is 5. The van der Waals surface area contributed by atoms with Crippen molar-refractivity contribution in [2.24, 2.45) is 0 Å². The Hall–Kier alpha value is -4.61. The minimum Gasteiger partial charge on any atom is -0.495 e. The Morgan fingerprint density at radius 1 is 1.20 bits per heavy atom. The van der Waals surface area contributed by atoms with Gasteiger partial charge in [-0.1, -0.05) is 11.6 Å². The van der Waals surface area contributed by atoms with Gasteiger partial charge in [0, 0.05) is 38.9 Å². The van der Waals surface area contributed by atoms with E-state index in [1.165, 1.54) is 49.1 Å². The third-order valence-corrected chi connectivity index (χ3v) is 6.38. The number of nitriles is 1. The van der Waals surface area contributed by atoms with Gasteiger partial charge in [0.1, 0.15) is 29.4 Å². The molecule has 1 aliphatic rings. The highest BCUT2D eigenvalue weighted by atomic mass is 35.5. The first-order chi connectivity index (χ1) is 20.5. The third-order valence-electron chi connectivity index (χ3n) is 6.07. The Morgan fingerprint density at radius 2 is 1.86 bits per heavy atom. The molecule has 11 nitrogen and oxygen atoms in total. The summed E-state index contributed by atoms with van der Waals surface area (Å²) in [6.45, 7) is 3.68. The molecule has 0 aliphatic carbocycles. The van der Waals surface area contributed by atoms with Gasteiger partial charge in [0.2, 0.25) is 0 Å². The summed E-state index contributed by atoms with van der Waals surface area (Å²) in [5.41, 5.74) is -0.0403. The van der Waals surface area contributed by atoms with Crippen molar-refractivity contribution in [3.8, 4) is 11.8 Å². The number of nitrogens with zero attached hydrogens (tertiary/aromatic N) is 5. The molecule has 0 unspecified atom stereocenters. The minimum absolute atomic E-state index is 0.275. The summed E-state index contributed by atoms with van der Waals surface area (Å²) in [6.07, 6.45) is -2.30. The maximum absolute atomic E-state index is 12.8. The smallest absolute Gasteiger partial charge is 0.417 e. The molecule has 0 fully saturated rings. The van der Waals surface area contributed by atoms with Crippen LogP contribution in [0.4, 0.5) is 24.5 Å². The van der Waals surface area contributed by atoms with Crippen molar-refractivity contribution in [1.82, 2.24) is 14.7 Å².